The molecular weight excluding hydrogens is 529 g/mol. The molecule has 1 aliphatic carbocycles. The zero-order chi connectivity index (χ0) is 22.2. The van der Waals surface area contributed by atoms with Gasteiger partial charge in [-0.3, -0.25) is 0 Å². The summed E-state index contributed by atoms with van der Waals surface area (Å²) < 4.78 is 0. The number of anilines is 1. The van der Waals surface area contributed by atoms with E-state index < -0.39 is 0 Å². The van der Waals surface area contributed by atoms with Crippen molar-refractivity contribution in [2.45, 2.75) is 58.9 Å². The summed E-state index contributed by atoms with van der Waals surface area (Å²) in [6, 6.07) is 15.9. The summed E-state index contributed by atoms with van der Waals surface area (Å²) in [5, 5.41) is 10.8. The third-order valence-electron chi connectivity index (χ3n) is 6.83. The minimum Gasteiger partial charge on any atom is -0.508 e. The molecule has 6 heteroatoms. The molecule has 0 unspecified atom stereocenters. The highest BCUT2D eigenvalue weighted by Gasteiger charge is 2.51. The third kappa shape index (κ3) is 4.86. The first-order valence-electron chi connectivity index (χ1n) is 11.1. The average molecular weight is 564 g/mol. The molecule has 2 aromatic carbocycles. The number of aryl methyl sites for hydroxylation is 1. The highest BCUT2D eigenvalue weighted by Crippen LogP contribution is 2.49. The maximum Gasteiger partial charge on any atom is 0.170 e. The molecule has 0 bridgehead atoms. The van der Waals surface area contributed by atoms with Crippen LogP contribution in [0.2, 0.25) is 0 Å². The van der Waals surface area contributed by atoms with Gasteiger partial charge in [-0.05, 0) is 86.6 Å². The topological polar surface area (TPSA) is 48.2 Å². The number of amidine groups is 2. The van der Waals surface area contributed by atoms with Crippen LogP contribution in [-0.4, -0.2) is 27.9 Å². The Morgan fingerprint density at radius 3 is 2.16 bits per heavy atom. The molecule has 1 spiro atoms. The van der Waals surface area contributed by atoms with Gasteiger partial charge in [0.05, 0.1) is 5.69 Å². The first kappa shape index (κ1) is 25.1. The van der Waals surface area contributed by atoms with Gasteiger partial charge in [0, 0.05) is 5.69 Å². The monoisotopic (exact) mass is 563 g/mol. The quantitative estimate of drug-likeness (QED) is 0.384. The van der Waals surface area contributed by atoms with Crippen molar-refractivity contribution >= 4 is 58.1 Å². The molecule has 0 atom stereocenters. The Bertz CT molecular complexity index is 985. The van der Waals surface area contributed by atoms with E-state index in [1.807, 2.05) is 12.1 Å². The van der Waals surface area contributed by atoms with Crippen LogP contribution in [-0.2, 0) is 0 Å². The Morgan fingerprint density at radius 1 is 1.03 bits per heavy atom. The van der Waals surface area contributed by atoms with Gasteiger partial charge in [0.1, 0.15) is 11.3 Å². The zero-order valence-electron chi connectivity index (χ0n) is 19.6. The van der Waals surface area contributed by atoms with E-state index in [-0.39, 0.29) is 35.3 Å². The predicted molar refractivity (Wildman–Crippen MR) is 149 cm³/mol. The van der Waals surface area contributed by atoms with Gasteiger partial charge in [-0.1, -0.05) is 50.2 Å². The molecule has 4 rings (SSSR count). The Hall–Kier alpha value is -1.54. The summed E-state index contributed by atoms with van der Waals surface area (Å²) in [6.45, 7) is 9.16. The van der Waals surface area contributed by atoms with Crippen LogP contribution in [0.3, 0.4) is 0 Å². The summed E-state index contributed by atoms with van der Waals surface area (Å²) in [4.78, 5) is 12.5. The molecule has 172 valence electrons. The number of rotatable bonds is 2. The number of hydrogen-bond donors (Lipinski definition) is 1. The first-order chi connectivity index (χ1) is 14.7. The zero-order valence-corrected chi connectivity index (χ0v) is 22.8. The Balaban J connectivity index is 0.00000289. The highest BCUT2D eigenvalue weighted by atomic mass is 127. The van der Waals surface area contributed by atoms with Crippen molar-refractivity contribution in [1.29, 1.82) is 0 Å². The number of phenols is 1. The van der Waals surface area contributed by atoms with Crippen LogP contribution >= 0.6 is 35.7 Å². The molecule has 2 aromatic rings. The van der Waals surface area contributed by atoms with E-state index in [9.17, 15) is 5.11 Å². The maximum absolute atomic E-state index is 9.84. The van der Waals surface area contributed by atoms with Gasteiger partial charge in [0.2, 0.25) is 0 Å². The van der Waals surface area contributed by atoms with Crippen LogP contribution in [0.25, 0.3) is 0 Å². The van der Waals surface area contributed by atoms with E-state index in [1.54, 1.807) is 23.9 Å². The van der Waals surface area contributed by atoms with Crippen LogP contribution in [0.1, 0.15) is 52.0 Å². The van der Waals surface area contributed by atoms with Gasteiger partial charge in [-0.15, -0.1) is 24.0 Å². The van der Waals surface area contributed by atoms with Crippen molar-refractivity contribution < 1.29 is 5.11 Å². The number of aromatic hydroxyl groups is 1. The molecule has 1 fully saturated rings. The van der Waals surface area contributed by atoms with Gasteiger partial charge in [0.15, 0.2) is 11.0 Å². The van der Waals surface area contributed by atoms with Gasteiger partial charge in [-0.25, -0.2) is 9.98 Å². The summed E-state index contributed by atoms with van der Waals surface area (Å²) in [7, 11) is 0. The number of benzene rings is 2. The van der Waals surface area contributed by atoms with Crippen LogP contribution in [0.4, 0.5) is 11.4 Å². The number of thioether (sulfide) groups is 1. The molecule has 0 radical (unpaired) electrons. The molecule has 4 nitrogen and oxygen atoms in total. The second kappa shape index (κ2) is 9.75. The second-order valence-corrected chi connectivity index (χ2v) is 10.7. The number of hydrogen-bond acceptors (Lipinski definition) is 4. The van der Waals surface area contributed by atoms with Crippen molar-refractivity contribution in [3.05, 3.63) is 54.1 Å². The van der Waals surface area contributed by atoms with Crippen LogP contribution in [0, 0.1) is 18.3 Å². The smallest absolute Gasteiger partial charge is 0.170 e. The third-order valence-corrected chi connectivity index (χ3v) is 7.47. The van der Waals surface area contributed by atoms with Gasteiger partial charge in [0.25, 0.3) is 0 Å². The lowest BCUT2D eigenvalue weighted by Gasteiger charge is -2.47. The molecule has 0 aromatic heterocycles. The molecular formula is C26H34IN3OS. The molecule has 32 heavy (non-hydrogen) atoms. The molecule has 2 aliphatic rings. The lowest BCUT2D eigenvalue weighted by atomic mass is 9.66. The van der Waals surface area contributed by atoms with Crippen LogP contribution < -0.4 is 4.90 Å². The standard InChI is InChI=1S/C26H33N3OS.HI/c1-18-6-8-20(9-7-18)27-23-26(16-14-19(15-17-26)25(2,3)4)29(24(28-23)31-5)21-10-12-22(30)13-11-21;/h6-13,19,30H,14-17H2,1-5H3;1H. The minimum absolute atomic E-state index is 0. The molecule has 1 heterocycles. The summed E-state index contributed by atoms with van der Waals surface area (Å²) in [5.74, 6) is 1.89. The van der Waals surface area contributed by atoms with E-state index in [1.165, 1.54) is 5.56 Å². The Labute approximate surface area is 213 Å². The van der Waals surface area contributed by atoms with E-state index in [0.717, 1.165) is 48.1 Å². The number of halogens is 1. The van der Waals surface area contributed by atoms with Gasteiger partial charge in [-0.2, -0.15) is 0 Å². The van der Waals surface area contributed by atoms with E-state index in [2.05, 4.69) is 63.1 Å². The molecule has 1 N–H and O–H groups in total. The Kier molecular flexibility index (Phi) is 7.65. The Morgan fingerprint density at radius 2 is 1.62 bits per heavy atom. The SMILES string of the molecule is CSC1=NC(=Nc2ccc(C)cc2)C2(CCC(C(C)(C)C)CC2)N1c1ccc(O)cc1.I. The molecule has 0 saturated heterocycles. The summed E-state index contributed by atoms with van der Waals surface area (Å²) in [5.41, 5.74) is 3.31. The van der Waals surface area contributed by atoms with Crippen molar-refractivity contribution in [3.8, 4) is 5.75 Å². The van der Waals surface area contributed by atoms with E-state index in [4.69, 9.17) is 9.98 Å². The van der Waals surface area contributed by atoms with E-state index >= 15 is 0 Å². The fourth-order valence-corrected chi connectivity index (χ4v) is 5.54. The summed E-state index contributed by atoms with van der Waals surface area (Å²) >= 11 is 1.66. The fourth-order valence-electron chi connectivity index (χ4n) is 4.90. The minimum atomic E-state index is -0.248. The fraction of sp³-hybridized carbons (Fsp3) is 0.462. The first-order valence-corrected chi connectivity index (χ1v) is 12.3. The molecule has 0 amide bonds. The summed E-state index contributed by atoms with van der Waals surface area (Å²) in [6.07, 6.45) is 6.43. The van der Waals surface area contributed by atoms with Crippen molar-refractivity contribution in [2.75, 3.05) is 11.2 Å². The number of phenolic OH excluding ortho intramolecular Hbond substituents is 1. The number of nitrogens with zero attached hydrogens (tertiary/aromatic N) is 3. The van der Waals surface area contributed by atoms with Crippen LogP contribution in [0.15, 0.2) is 58.5 Å². The highest BCUT2D eigenvalue weighted by molar-refractivity contribution is 14.0. The lowest BCUT2D eigenvalue weighted by molar-refractivity contribution is 0.158. The van der Waals surface area contributed by atoms with Gasteiger partial charge < -0.3 is 10.0 Å². The predicted octanol–water partition coefficient (Wildman–Crippen LogP) is 7.56. The maximum atomic E-state index is 9.84. The largest absolute Gasteiger partial charge is 0.508 e. The van der Waals surface area contributed by atoms with Gasteiger partial charge >= 0.3 is 0 Å². The molecule has 1 saturated carbocycles. The van der Waals surface area contributed by atoms with E-state index in [0.29, 0.717) is 11.3 Å². The normalized spacial score (nSPS) is 24.5. The van der Waals surface area contributed by atoms with Crippen LogP contribution in [0.5, 0.6) is 5.75 Å². The molecule has 1 aliphatic heterocycles. The second-order valence-electron chi connectivity index (χ2n) is 9.89. The lowest BCUT2D eigenvalue weighted by Crippen LogP contribution is -2.54. The van der Waals surface area contributed by atoms with Crippen molar-refractivity contribution in [2.24, 2.45) is 21.3 Å². The van der Waals surface area contributed by atoms with Crippen molar-refractivity contribution in [3.63, 3.8) is 0 Å². The number of aliphatic imine (C=N–C) groups is 2. The van der Waals surface area contributed by atoms with Crippen molar-refractivity contribution in [1.82, 2.24) is 0 Å². The average Bonchev–Trinajstić information content (AvgIpc) is 3.02.